The molecule has 0 aliphatic carbocycles. The van der Waals surface area contributed by atoms with Crippen LogP contribution in [0.3, 0.4) is 0 Å². The summed E-state index contributed by atoms with van der Waals surface area (Å²) >= 11 is 0. The molecule has 1 aliphatic heterocycles. The molecule has 0 saturated carbocycles. The summed E-state index contributed by atoms with van der Waals surface area (Å²) in [5.74, 6) is -1.16. The molecule has 2 N–H and O–H groups in total. The van der Waals surface area contributed by atoms with Gasteiger partial charge in [0.25, 0.3) is 5.91 Å². The monoisotopic (exact) mass is 513 g/mol. The van der Waals surface area contributed by atoms with E-state index in [-0.39, 0.29) is 19.1 Å². The quantitative estimate of drug-likeness (QED) is 0.306. The molecule has 0 unspecified atom stereocenters. The van der Waals surface area contributed by atoms with Crippen molar-refractivity contribution >= 4 is 40.5 Å². The van der Waals surface area contributed by atoms with Gasteiger partial charge in [0.15, 0.2) is 0 Å². The normalized spacial score (nSPS) is 13.6. The van der Waals surface area contributed by atoms with Crippen molar-refractivity contribution in [2.75, 3.05) is 37.9 Å². The summed E-state index contributed by atoms with van der Waals surface area (Å²) in [7, 11) is 3.87. The molecule has 8 nitrogen and oxygen atoms in total. The van der Waals surface area contributed by atoms with Crippen LogP contribution in [0.4, 0.5) is 11.4 Å². The minimum atomic E-state index is -0.451. The Morgan fingerprint density at radius 2 is 1.58 bits per heavy atom. The predicted molar refractivity (Wildman–Crippen MR) is 148 cm³/mol. The fourth-order valence-electron chi connectivity index (χ4n) is 4.32. The summed E-state index contributed by atoms with van der Waals surface area (Å²) in [6, 6.07) is 20.0. The smallest absolute Gasteiger partial charge is 0.338 e. The third kappa shape index (κ3) is 5.76. The summed E-state index contributed by atoms with van der Waals surface area (Å²) in [6.45, 7) is 4.61. The highest BCUT2D eigenvalue weighted by Gasteiger charge is 2.29. The molecule has 0 bridgehead atoms. The number of carbonyl (C=O) groups excluding carboxylic acids is 3. The van der Waals surface area contributed by atoms with Gasteiger partial charge in [-0.15, -0.1) is 0 Å². The molecule has 0 spiro atoms. The number of anilines is 2. The van der Waals surface area contributed by atoms with Crippen LogP contribution in [0.1, 0.15) is 51.3 Å². The van der Waals surface area contributed by atoms with Gasteiger partial charge in [-0.2, -0.15) is 0 Å². The highest BCUT2D eigenvalue weighted by Crippen LogP contribution is 2.38. The number of benzene rings is 3. The molecule has 1 aliphatic rings. The summed E-state index contributed by atoms with van der Waals surface area (Å²) in [6.07, 6.45) is 0. The Morgan fingerprint density at radius 3 is 2.26 bits per heavy atom. The maximum atomic E-state index is 13.3. The second-order valence-corrected chi connectivity index (χ2v) is 9.01. The Bertz CT molecular complexity index is 1400. The van der Waals surface area contributed by atoms with Gasteiger partial charge in [0.1, 0.15) is 0 Å². The van der Waals surface area contributed by atoms with Crippen LogP contribution in [0.15, 0.2) is 66.7 Å². The fourth-order valence-corrected chi connectivity index (χ4v) is 4.32. The molecule has 0 fully saturated rings. The molecule has 3 aromatic carbocycles. The van der Waals surface area contributed by atoms with Crippen molar-refractivity contribution in [1.82, 2.24) is 4.90 Å². The van der Waals surface area contributed by atoms with E-state index in [4.69, 9.17) is 9.47 Å². The first-order chi connectivity index (χ1) is 18.3. The maximum Gasteiger partial charge on any atom is 0.338 e. The first-order valence-electron chi connectivity index (χ1n) is 12.5. The van der Waals surface area contributed by atoms with Gasteiger partial charge in [0.05, 0.1) is 41.3 Å². The fraction of sp³-hybridized carbons (Fsp3) is 0.233. The number of rotatable bonds is 9. The lowest BCUT2D eigenvalue weighted by molar-refractivity contribution is -0.110. The summed E-state index contributed by atoms with van der Waals surface area (Å²) in [5, 5.41) is 6.26. The standard InChI is InChI=1S/C30H31N3O5/c1-5-37-29(35)20-13-15-23-25(16-20)32-28(34)26(23)27(19-10-8-7-9-11-19)31-22-14-12-21(18-33(3)4)24(17-22)30(36)38-6-2/h7-17,31H,5-6,18H2,1-4H3,(H,32,34)/b27-26-. The Labute approximate surface area is 222 Å². The number of nitrogens with zero attached hydrogens (tertiary/aromatic N) is 1. The van der Waals surface area contributed by atoms with E-state index in [1.165, 1.54) is 0 Å². The van der Waals surface area contributed by atoms with Crippen LogP contribution in [0, 0.1) is 0 Å². The number of esters is 2. The lowest BCUT2D eigenvalue weighted by Gasteiger charge is -2.18. The molecule has 1 amide bonds. The first-order valence-corrected chi connectivity index (χ1v) is 12.5. The summed E-state index contributed by atoms with van der Waals surface area (Å²) in [4.78, 5) is 40.3. The van der Waals surface area contributed by atoms with Gasteiger partial charge in [0.2, 0.25) is 0 Å². The van der Waals surface area contributed by atoms with Gasteiger partial charge in [-0.25, -0.2) is 9.59 Å². The average Bonchev–Trinajstić information content (AvgIpc) is 3.23. The number of hydrogen-bond acceptors (Lipinski definition) is 7. The molecule has 196 valence electrons. The maximum absolute atomic E-state index is 13.3. The molecule has 0 radical (unpaired) electrons. The predicted octanol–water partition coefficient (Wildman–Crippen LogP) is 5.03. The van der Waals surface area contributed by atoms with Gasteiger partial charge >= 0.3 is 11.9 Å². The van der Waals surface area contributed by atoms with Gasteiger partial charge < -0.3 is 25.0 Å². The number of nitrogens with one attached hydrogen (secondary N) is 2. The Balaban J connectivity index is 1.82. The van der Waals surface area contributed by atoms with Crippen molar-refractivity contribution < 1.29 is 23.9 Å². The van der Waals surface area contributed by atoms with E-state index in [9.17, 15) is 14.4 Å². The largest absolute Gasteiger partial charge is 0.462 e. The second kappa shape index (κ2) is 11.7. The van der Waals surface area contributed by atoms with Crippen molar-refractivity contribution in [1.29, 1.82) is 0 Å². The third-order valence-corrected chi connectivity index (χ3v) is 5.95. The molecular weight excluding hydrogens is 482 g/mol. The van der Waals surface area contributed by atoms with E-state index >= 15 is 0 Å². The van der Waals surface area contributed by atoms with E-state index in [2.05, 4.69) is 10.6 Å². The van der Waals surface area contributed by atoms with Gasteiger partial charge in [-0.05, 0) is 63.3 Å². The van der Waals surface area contributed by atoms with Crippen LogP contribution in [-0.4, -0.2) is 50.1 Å². The van der Waals surface area contributed by atoms with Gasteiger partial charge in [-0.1, -0.05) is 42.5 Å². The highest BCUT2D eigenvalue weighted by molar-refractivity contribution is 6.37. The van der Waals surface area contributed by atoms with E-state index in [0.29, 0.717) is 45.9 Å². The Morgan fingerprint density at radius 1 is 0.868 bits per heavy atom. The average molecular weight is 514 g/mol. The topological polar surface area (TPSA) is 97.0 Å². The molecule has 0 saturated heterocycles. The number of carbonyl (C=O) groups is 3. The zero-order valence-electron chi connectivity index (χ0n) is 22.0. The van der Waals surface area contributed by atoms with Crippen molar-refractivity contribution in [3.63, 3.8) is 0 Å². The molecule has 8 heteroatoms. The van der Waals surface area contributed by atoms with Crippen LogP contribution in [0.5, 0.6) is 0 Å². The Kier molecular flexibility index (Phi) is 8.23. The number of amides is 1. The lowest BCUT2D eigenvalue weighted by atomic mass is 9.98. The molecule has 38 heavy (non-hydrogen) atoms. The minimum absolute atomic E-state index is 0.261. The van der Waals surface area contributed by atoms with E-state index < -0.39 is 11.9 Å². The minimum Gasteiger partial charge on any atom is -0.462 e. The van der Waals surface area contributed by atoms with Gasteiger partial charge in [0, 0.05) is 17.8 Å². The number of fused-ring (bicyclic) bond motifs is 1. The molecule has 4 rings (SSSR count). The van der Waals surface area contributed by atoms with Crippen LogP contribution < -0.4 is 10.6 Å². The number of ether oxygens (including phenoxy) is 2. The SMILES string of the molecule is CCOC(=O)c1ccc2c(c1)NC(=O)/C2=C(\Nc1ccc(CN(C)C)c(C(=O)OCC)c1)c1ccccc1. The van der Waals surface area contributed by atoms with Crippen molar-refractivity contribution in [3.05, 3.63) is 94.5 Å². The van der Waals surface area contributed by atoms with E-state index in [1.54, 1.807) is 38.1 Å². The lowest BCUT2D eigenvalue weighted by Crippen LogP contribution is -2.16. The van der Waals surface area contributed by atoms with E-state index in [1.807, 2.05) is 61.5 Å². The van der Waals surface area contributed by atoms with Crippen molar-refractivity contribution in [3.8, 4) is 0 Å². The third-order valence-electron chi connectivity index (χ3n) is 5.95. The zero-order valence-corrected chi connectivity index (χ0v) is 22.0. The van der Waals surface area contributed by atoms with Crippen molar-refractivity contribution in [2.24, 2.45) is 0 Å². The molecule has 1 heterocycles. The van der Waals surface area contributed by atoms with Crippen LogP contribution in [-0.2, 0) is 20.8 Å². The zero-order chi connectivity index (χ0) is 27.2. The molecule has 0 aromatic heterocycles. The Hall–Kier alpha value is -4.43. The van der Waals surface area contributed by atoms with Crippen LogP contribution >= 0.6 is 0 Å². The first kappa shape index (κ1) is 26.6. The molecule has 0 atom stereocenters. The number of hydrogen-bond donors (Lipinski definition) is 2. The second-order valence-electron chi connectivity index (χ2n) is 9.01. The molecular formula is C30H31N3O5. The molecule has 3 aromatic rings. The van der Waals surface area contributed by atoms with E-state index in [0.717, 1.165) is 11.1 Å². The summed E-state index contributed by atoms with van der Waals surface area (Å²) < 4.78 is 10.4. The van der Waals surface area contributed by atoms with Gasteiger partial charge in [-0.3, -0.25) is 4.79 Å². The summed E-state index contributed by atoms with van der Waals surface area (Å²) in [5.41, 5.74) is 5.25. The highest BCUT2D eigenvalue weighted by atomic mass is 16.5. The van der Waals surface area contributed by atoms with Crippen molar-refractivity contribution in [2.45, 2.75) is 20.4 Å². The van der Waals surface area contributed by atoms with Crippen LogP contribution in [0.2, 0.25) is 0 Å². The van der Waals surface area contributed by atoms with Crippen LogP contribution in [0.25, 0.3) is 11.3 Å².